The molecule has 182 valence electrons. The molecule has 0 aliphatic carbocycles. The van der Waals surface area contributed by atoms with Crippen molar-refractivity contribution in [2.45, 2.75) is 37.3 Å². The number of aromatic nitrogens is 3. The van der Waals surface area contributed by atoms with E-state index in [2.05, 4.69) is 15.6 Å². The van der Waals surface area contributed by atoms with E-state index >= 15 is 0 Å². The fourth-order valence-electron chi connectivity index (χ4n) is 3.59. The maximum atomic E-state index is 12.5. The van der Waals surface area contributed by atoms with Crippen LogP contribution in [0, 0.1) is 0 Å². The minimum absolute atomic E-state index is 0.210. The molecule has 12 heteroatoms. The smallest absolute Gasteiger partial charge is 0.252 e. The van der Waals surface area contributed by atoms with Gasteiger partial charge in [-0.2, -0.15) is 0 Å². The lowest BCUT2D eigenvalue weighted by molar-refractivity contribution is -0.287. The fraction of sp³-hybridized carbons (Fsp3) is 0.571. The van der Waals surface area contributed by atoms with Crippen LogP contribution >= 0.6 is 0 Å². The molecule has 1 aliphatic heterocycles. The van der Waals surface area contributed by atoms with E-state index in [1.807, 2.05) is 24.3 Å². The van der Waals surface area contributed by atoms with Gasteiger partial charge in [-0.15, -0.1) is 5.10 Å². The SMILES string of the molecule is COc1ccccc1-c1cnnn1CCOCCNC(=O)C1O[C@@H](OC)[C@@H](O)[C@@H](O)[C@@H]1OC. The van der Waals surface area contributed by atoms with Gasteiger partial charge in [0.25, 0.3) is 5.91 Å². The Morgan fingerprint density at radius 2 is 1.94 bits per heavy atom. The van der Waals surface area contributed by atoms with Crippen molar-refractivity contribution in [3.8, 4) is 17.0 Å². The highest BCUT2D eigenvalue weighted by atomic mass is 16.7. The number of rotatable bonds is 11. The van der Waals surface area contributed by atoms with E-state index in [-0.39, 0.29) is 13.2 Å². The molecule has 1 aromatic heterocycles. The van der Waals surface area contributed by atoms with Crippen molar-refractivity contribution in [2.75, 3.05) is 41.1 Å². The zero-order valence-electron chi connectivity index (χ0n) is 18.8. The van der Waals surface area contributed by atoms with Gasteiger partial charge in [0.1, 0.15) is 24.1 Å². The first-order valence-corrected chi connectivity index (χ1v) is 10.5. The van der Waals surface area contributed by atoms with E-state index in [9.17, 15) is 15.0 Å². The van der Waals surface area contributed by atoms with Crippen LogP contribution in [0.15, 0.2) is 30.5 Å². The van der Waals surface area contributed by atoms with Crippen molar-refractivity contribution in [3.63, 3.8) is 0 Å². The molecule has 3 rings (SSSR count). The summed E-state index contributed by atoms with van der Waals surface area (Å²) in [6.45, 7) is 1.26. The van der Waals surface area contributed by atoms with Crippen molar-refractivity contribution >= 4 is 5.91 Å². The number of nitrogens with one attached hydrogen (secondary N) is 1. The van der Waals surface area contributed by atoms with Crippen molar-refractivity contribution in [1.82, 2.24) is 20.3 Å². The maximum absolute atomic E-state index is 12.5. The molecule has 1 saturated heterocycles. The van der Waals surface area contributed by atoms with Crippen molar-refractivity contribution in [3.05, 3.63) is 30.5 Å². The zero-order chi connectivity index (χ0) is 23.8. The first-order chi connectivity index (χ1) is 16.0. The van der Waals surface area contributed by atoms with Gasteiger partial charge in [0, 0.05) is 26.3 Å². The Bertz CT molecular complexity index is 895. The van der Waals surface area contributed by atoms with E-state index in [0.717, 1.165) is 17.0 Å². The number of ether oxygens (including phenoxy) is 5. The molecule has 5 atom stereocenters. The lowest BCUT2D eigenvalue weighted by Crippen LogP contribution is -2.62. The molecule has 1 aromatic carbocycles. The Balaban J connectivity index is 1.44. The third-order valence-corrected chi connectivity index (χ3v) is 5.30. The number of aliphatic hydroxyl groups is 2. The third-order valence-electron chi connectivity index (χ3n) is 5.30. The van der Waals surface area contributed by atoms with Gasteiger partial charge in [0.2, 0.25) is 0 Å². The van der Waals surface area contributed by atoms with E-state index in [4.69, 9.17) is 23.7 Å². The number of para-hydroxylation sites is 1. The standard InChI is InChI=1S/C21H30N4O8/c1-29-15-7-5-4-6-13(15)14-12-23-24-25(14)9-11-32-10-8-22-20(28)19-18(30-2)16(26)17(27)21(31-3)33-19/h4-7,12,16-19,21,26-27H,8-11H2,1-3H3,(H,22,28)/t16-,17+,18+,19?,21-/m1/s1. The Morgan fingerprint density at radius 3 is 2.67 bits per heavy atom. The first-order valence-electron chi connectivity index (χ1n) is 10.5. The van der Waals surface area contributed by atoms with Crippen molar-refractivity contribution in [1.29, 1.82) is 0 Å². The molecule has 1 amide bonds. The van der Waals surface area contributed by atoms with E-state index in [0.29, 0.717) is 13.2 Å². The van der Waals surface area contributed by atoms with Gasteiger partial charge in [-0.3, -0.25) is 4.79 Å². The molecule has 33 heavy (non-hydrogen) atoms. The molecular weight excluding hydrogens is 436 g/mol. The molecule has 2 heterocycles. The lowest BCUT2D eigenvalue weighted by atomic mass is 9.98. The summed E-state index contributed by atoms with van der Waals surface area (Å²) in [5.74, 6) is 0.213. The Hall–Kier alpha value is -2.61. The number of amides is 1. The van der Waals surface area contributed by atoms with E-state index < -0.39 is 36.6 Å². The summed E-state index contributed by atoms with van der Waals surface area (Å²) < 4.78 is 28.3. The normalized spacial score (nSPS) is 25.1. The average Bonchev–Trinajstić information content (AvgIpc) is 3.30. The predicted octanol–water partition coefficient (Wildman–Crippen LogP) is -0.805. The number of methoxy groups -OCH3 is 3. The second-order valence-corrected chi connectivity index (χ2v) is 7.29. The molecule has 0 bridgehead atoms. The second-order valence-electron chi connectivity index (χ2n) is 7.29. The van der Waals surface area contributed by atoms with Crippen LogP contribution in [0.25, 0.3) is 11.3 Å². The molecule has 0 radical (unpaired) electrons. The number of hydrogen-bond donors (Lipinski definition) is 3. The topological polar surface area (TPSA) is 146 Å². The predicted molar refractivity (Wildman–Crippen MR) is 114 cm³/mol. The van der Waals surface area contributed by atoms with Gasteiger partial charge in [-0.25, -0.2) is 4.68 Å². The summed E-state index contributed by atoms with van der Waals surface area (Å²) >= 11 is 0. The Morgan fingerprint density at radius 1 is 1.15 bits per heavy atom. The summed E-state index contributed by atoms with van der Waals surface area (Å²) in [7, 11) is 4.24. The Labute approximate surface area is 191 Å². The monoisotopic (exact) mass is 466 g/mol. The number of aliphatic hydroxyl groups excluding tert-OH is 2. The molecular formula is C21H30N4O8. The van der Waals surface area contributed by atoms with Gasteiger partial charge < -0.3 is 39.2 Å². The van der Waals surface area contributed by atoms with Gasteiger partial charge in [-0.1, -0.05) is 17.3 Å². The van der Waals surface area contributed by atoms with Crippen LogP contribution in [0.4, 0.5) is 0 Å². The van der Waals surface area contributed by atoms with Gasteiger partial charge in [-0.05, 0) is 12.1 Å². The maximum Gasteiger partial charge on any atom is 0.252 e. The molecule has 3 N–H and O–H groups in total. The van der Waals surface area contributed by atoms with Gasteiger partial charge >= 0.3 is 0 Å². The minimum Gasteiger partial charge on any atom is -0.496 e. The highest BCUT2D eigenvalue weighted by Crippen LogP contribution is 2.28. The highest BCUT2D eigenvalue weighted by Gasteiger charge is 2.47. The summed E-state index contributed by atoms with van der Waals surface area (Å²) in [6.07, 6.45) is -4.32. The fourth-order valence-corrected chi connectivity index (χ4v) is 3.59. The summed E-state index contributed by atoms with van der Waals surface area (Å²) in [5.41, 5.74) is 1.68. The quantitative estimate of drug-likeness (QED) is 0.360. The molecule has 0 spiro atoms. The summed E-state index contributed by atoms with van der Waals surface area (Å²) in [4.78, 5) is 12.5. The molecule has 1 unspecified atom stereocenters. The van der Waals surface area contributed by atoms with Gasteiger partial charge in [0.15, 0.2) is 12.4 Å². The van der Waals surface area contributed by atoms with E-state index in [1.165, 1.54) is 14.2 Å². The second kappa shape index (κ2) is 12.0. The van der Waals surface area contributed by atoms with Crippen LogP contribution < -0.4 is 10.1 Å². The molecule has 12 nitrogen and oxygen atoms in total. The summed E-state index contributed by atoms with van der Waals surface area (Å²) in [6, 6.07) is 7.59. The number of benzene rings is 1. The number of hydrogen-bond acceptors (Lipinski definition) is 10. The van der Waals surface area contributed by atoms with Crippen LogP contribution in [0.2, 0.25) is 0 Å². The molecule has 0 saturated carbocycles. The van der Waals surface area contributed by atoms with Crippen LogP contribution in [0.1, 0.15) is 0 Å². The number of carbonyl (C=O) groups is 1. The van der Waals surface area contributed by atoms with Crippen LogP contribution in [-0.2, 0) is 30.3 Å². The summed E-state index contributed by atoms with van der Waals surface area (Å²) in [5, 5.41) is 30.9. The lowest BCUT2D eigenvalue weighted by Gasteiger charge is -2.40. The first kappa shape index (κ1) is 25.0. The minimum atomic E-state index is -1.33. The van der Waals surface area contributed by atoms with E-state index in [1.54, 1.807) is 18.0 Å². The average molecular weight is 466 g/mol. The Kier molecular flexibility index (Phi) is 9.11. The van der Waals surface area contributed by atoms with Crippen LogP contribution in [0.5, 0.6) is 5.75 Å². The van der Waals surface area contributed by atoms with Crippen LogP contribution in [0.3, 0.4) is 0 Å². The van der Waals surface area contributed by atoms with Crippen molar-refractivity contribution in [2.24, 2.45) is 0 Å². The van der Waals surface area contributed by atoms with Gasteiger partial charge in [0.05, 0.1) is 38.8 Å². The largest absolute Gasteiger partial charge is 0.496 e. The highest BCUT2D eigenvalue weighted by molar-refractivity contribution is 5.81. The number of nitrogens with zero attached hydrogens (tertiary/aromatic N) is 3. The zero-order valence-corrected chi connectivity index (χ0v) is 18.8. The molecule has 2 aromatic rings. The molecule has 1 fully saturated rings. The molecule has 1 aliphatic rings. The number of carbonyl (C=O) groups excluding carboxylic acids is 1. The van der Waals surface area contributed by atoms with Crippen LogP contribution in [-0.4, -0.2) is 103 Å². The van der Waals surface area contributed by atoms with Crippen molar-refractivity contribution < 1.29 is 38.7 Å². The third kappa shape index (κ3) is 5.85.